The number of halogens is 3. The van der Waals surface area contributed by atoms with Crippen LogP contribution in [0.15, 0.2) is 12.7 Å². The summed E-state index contributed by atoms with van der Waals surface area (Å²) in [5.74, 6) is 0. The summed E-state index contributed by atoms with van der Waals surface area (Å²) < 4.78 is 39.1. The second-order valence-corrected chi connectivity index (χ2v) is 3.00. The average molecular weight is 212 g/mol. The maximum absolute atomic E-state index is 11.6. The first-order valence-corrected chi connectivity index (χ1v) is 4.39. The lowest BCUT2D eigenvalue weighted by Crippen LogP contribution is -2.22. The summed E-state index contributed by atoms with van der Waals surface area (Å²) in [6, 6.07) is 0. The van der Waals surface area contributed by atoms with E-state index in [1.54, 1.807) is 6.08 Å². The van der Waals surface area contributed by atoms with Gasteiger partial charge in [-0.15, -0.1) is 6.58 Å². The molecule has 84 valence electrons. The molecule has 0 bridgehead atoms. The van der Waals surface area contributed by atoms with E-state index in [4.69, 9.17) is 5.11 Å². The molecule has 2 nitrogen and oxygen atoms in total. The molecule has 0 aliphatic heterocycles. The van der Waals surface area contributed by atoms with E-state index in [9.17, 15) is 13.2 Å². The van der Waals surface area contributed by atoms with Crippen molar-refractivity contribution in [3.8, 4) is 0 Å². The Labute approximate surface area is 81.4 Å². The van der Waals surface area contributed by atoms with Crippen LogP contribution >= 0.6 is 0 Å². The summed E-state index contributed by atoms with van der Waals surface area (Å²) in [6.07, 6.45) is -1.55. The van der Waals surface area contributed by atoms with Crippen LogP contribution in [0.2, 0.25) is 0 Å². The Hall–Kier alpha value is -0.550. The zero-order chi connectivity index (χ0) is 11.0. The standard InChI is InChI=1S/C9H15F3O2/c1-2-3-4-5-8(13)6-14-7-9(10,11)12/h2,8,13H,1,3-7H2. The molecule has 0 aromatic carbocycles. The van der Waals surface area contributed by atoms with Gasteiger partial charge in [-0.3, -0.25) is 0 Å². The van der Waals surface area contributed by atoms with E-state index in [1.807, 2.05) is 0 Å². The molecule has 0 rings (SSSR count). The van der Waals surface area contributed by atoms with Gasteiger partial charge < -0.3 is 9.84 Å². The predicted octanol–water partition coefficient (Wildman–Crippen LogP) is 2.28. The molecule has 0 fully saturated rings. The fraction of sp³-hybridized carbons (Fsp3) is 0.778. The minimum absolute atomic E-state index is 0.267. The molecule has 0 aromatic rings. The summed E-state index contributed by atoms with van der Waals surface area (Å²) in [5.41, 5.74) is 0. The monoisotopic (exact) mass is 212 g/mol. The van der Waals surface area contributed by atoms with Gasteiger partial charge in [0.05, 0.1) is 12.7 Å². The van der Waals surface area contributed by atoms with Crippen molar-refractivity contribution in [2.45, 2.75) is 31.5 Å². The predicted molar refractivity (Wildman–Crippen MR) is 46.9 cm³/mol. The van der Waals surface area contributed by atoms with Gasteiger partial charge >= 0.3 is 6.18 Å². The lowest BCUT2D eigenvalue weighted by Gasteiger charge is -2.11. The lowest BCUT2D eigenvalue weighted by atomic mass is 10.1. The van der Waals surface area contributed by atoms with Gasteiger partial charge in [-0.05, 0) is 19.3 Å². The van der Waals surface area contributed by atoms with E-state index < -0.39 is 18.9 Å². The Kier molecular flexibility index (Phi) is 6.57. The first-order chi connectivity index (χ1) is 6.45. The summed E-state index contributed by atoms with van der Waals surface area (Å²) in [6.45, 7) is 1.92. The Morgan fingerprint density at radius 2 is 2.07 bits per heavy atom. The highest BCUT2D eigenvalue weighted by Crippen LogP contribution is 2.14. The van der Waals surface area contributed by atoms with E-state index in [-0.39, 0.29) is 6.61 Å². The van der Waals surface area contributed by atoms with E-state index >= 15 is 0 Å². The average Bonchev–Trinajstić information content (AvgIpc) is 2.02. The van der Waals surface area contributed by atoms with Crippen LogP contribution in [0.3, 0.4) is 0 Å². The summed E-state index contributed by atoms with van der Waals surface area (Å²) in [4.78, 5) is 0. The molecular weight excluding hydrogens is 197 g/mol. The van der Waals surface area contributed by atoms with Crippen molar-refractivity contribution in [1.82, 2.24) is 0 Å². The molecule has 0 aliphatic rings. The van der Waals surface area contributed by atoms with Crippen LogP contribution in [0.4, 0.5) is 13.2 Å². The Morgan fingerprint density at radius 1 is 1.43 bits per heavy atom. The molecule has 0 radical (unpaired) electrons. The van der Waals surface area contributed by atoms with Crippen molar-refractivity contribution in [3.05, 3.63) is 12.7 Å². The summed E-state index contributed by atoms with van der Waals surface area (Å²) in [7, 11) is 0. The van der Waals surface area contributed by atoms with Crippen LogP contribution in [0, 0.1) is 0 Å². The molecule has 5 heteroatoms. The van der Waals surface area contributed by atoms with Crippen molar-refractivity contribution in [3.63, 3.8) is 0 Å². The highest BCUT2D eigenvalue weighted by atomic mass is 19.4. The number of rotatable bonds is 7. The minimum atomic E-state index is -4.32. The number of unbranched alkanes of at least 4 members (excludes halogenated alkanes) is 1. The lowest BCUT2D eigenvalue weighted by molar-refractivity contribution is -0.179. The SMILES string of the molecule is C=CCCCC(O)COCC(F)(F)F. The normalized spacial score (nSPS) is 14.0. The van der Waals surface area contributed by atoms with Gasteiger partial charge in [0, 0.05) is 0 Å². The van der Waals surface area contributed by atoms with Gasteiger partial charge in [-0.25, -0.2) is 0 Å². The summed E-state index contributed by atoms with van der Waals surface area (Å²) >= 11 is 0. The van der Waals surface area contributed by atoms with E-state index in [1.165, 1.54) is 0 Å². The number of aliphatic hydroxyl groups excluding tert-OH is 1. The molecule has 0 aromatic heterocycles. The molecule has 0 spiro atoms. The second-order valence-electron chi connectivity index (χ2n) is 3.00. The van der Waals surface area contributed by atoms with Gasteiger partial charge in [0.2, 0.25) is 0 Å². The zero-order valence-electron chi connectivity index (χ0n) is 7.89. The highest BCUT2D eigenvalue weighted by Gasteiger charge is 2.27. The molecule has 0 saturated heterocycles. The topological polar surface area (TPSA) is 29.5 Å². The fourth-order valence-corrected chi connectivity index (χ4v) is 0.892. The van der Waals surface area contributed by atoms with Gasteiger partial charge in [0.1, 0.15) is 6.61 Å². The number of hydrogen-bond donors (Lipinski definition) is 1. The molecule has 0 heterocycles. The fourth-order valence-electron chi connectivity index (χ4n) is 0.892. The third kappa shape index (κ3) is 9.54. The van der Waals surface area contributed by atoms with E-state index in [0.29, 0.717) is 12.8 Å². The first kappa shape index (κ1) is 13.4. The van der Waals surface area contributed by atoms with Crippen molar-refractivity contribution >= 4 is 0 Å². The van der Waals surface area contributed by atoms with E-state index in [2.05, 4.69) is 11.3 Å². The maximum atomic E-state index is 11.6. The van der Waals surface area contributed by atoms with Crippen LogP contribution in [-0.2, 0) is 4.74 Å². The Bertz CT molecular complexity index is 157. The van der Waals surface area contributed by atoms with Crippen LogP contribution in [-0.4, -0.2) is 30.6 Å². The minimum Gasteiger partial charge on any atom is -0.391 e. The molecule has 0 saturated carbocycles. The molecule has 1 N–H and O–H groups in total. The molecule has 14 heavy (non-hydrogen) atoms. The quantitative estimate of drug-likeness (QED) is 0.518. The molecule has 1 unspecified atom stereocenters. The van der Waals surface area contributed by atoms with Crippen molar-refractivity contribution in [2.75, 3.05) is 13.2 Å². The molecule has 0 amide bonds. The number of allylic oxidation sites excluding steroid dienone is 1. The Morgan fingerprint density at radius 3 is 2.57 bits per heavy atom. The number of hydrogen-bond acceptors (Lipinski definition) is 2. The Balaban J connectivity index is 3.35. The summed E-state index contributed by atoms with van der Waals surface area (Å²) in [5, 5.41) is 9.15. The van der Waals surface area contributed by atoms with Crippen LogP contribution < -0.4 is 0 Å². The van der Waals surface area contributed by atoms with Crippen LogP contribution in [0.1, 0.15) is 19.3 Å². The van der Waals surface area contributed by atoms with Crippen molar-refractivity contribution in [2.24, 2.45) is 0 Å². The van der Waals surface area contributed by atoms with Crippen LogP contribution in [0.25, 0.3) is 0 Å². The largest absolute Gasteiger partial charge is 0.411 e. The van der Waals surface area contributed by atoms with E-state index in [0.717, 1.165) is 6.42 Å². The second kappa shape index (κ2) is 6.84. The maximum Gasteiger partial charge on any atom is 0.411 e. The molecule has 1 atom stereocenters. The van der Waals surface area contributed by atoms with Gasteiger partial charge in [-0.2, -0.15) is 13.2 Å². The highest BCUT2D eigenvalue weighted by molar-refractivity contribution is 4.67. The van der Waals surface area contributed by atoms with Crippen LogP contribution in [0.5, 0.6) is 0 Å². The van der Waals surface area contributed by atoms with Gasteiger partial charge in [0.25, 0.3) is 0 Å². The molecule has 0 aliphatic carbocycles. The number of alkyl halides is 3. The number of ether oxygens (including phenoxy) is 1. The smallest absolute Gasteiger partial charge is 0.391 e. The third-order valence-corrected chi connectivity index (χ3v) is 1.52. The molecular formula is C9H15F3O2. The van der Waals surface area contributed by atoms with Crippen molar-refractivity contribution in [1.29, 1.82) is 0 Å². The van der Waals surface area contributed by atoms with Gasteiger partial charge in [0.15, 0.2) is 0 Å². The first-order valence-electron chi connectivity index (χ1n) is 4.39. The van der Waals surface area contributed by atoms with Gasteiger partial charge in [-0.1, -0.05) is 6.08 Å². The number of aliphatic hydroxyl groups is 1. The van der Waals surface area contributed by atoms with Crippen molar-refractivity contribution < 1.29 is 23.0 Å². The third-order valence-electron chi connectivity index (χ3n) is 1.52. The zero-order valence-corrected chi connectivity index (χ0v) is 7.89.